The quantitative estimate of drug-likeness (QED) is 0.901. The third kappa shape index (κ3) is 3.48. The van der Waals surface area contributed by atoms with Crippen LogP contribution in [0.5, 0.6) is 11.5 Å². The summed E-state index contributed by atoms with van der Waals surface area (Å²) >= 11 is 6.11. The zero-order valence-electron chi connectivity index (χ0n) is 13.9. The molecule has 0 bridgehead atoms. The Hall–Kier alpha value is -2.21. The standard InChI is InChI=1S/C17H20ClN3O3/c1-10(8-21-12(3)4-11(2)20-21)7-19-17(22)13-5-14(18)16-15(6-13)23-9-24-16/h4-6,10H,7-9H2,1-3H3,(H,19,22). The Morgan fingerprint density at radius 1 is 1.38 bits per heavy atom. The van der Waals surface area contributed by atoms with Crippen LogP contribution < -0.4 is 14.8 Å². The Morgan fingerprint density at radius 2 is 2.17 bits per heavy atom. The maximum absolute atomic E-state index is 12.3. The van der Waals surface area contributed by atoms with Gasteiger partial charge in [0.2, 0.25) is 6.79 Å². The summed E-state index contributed by atoms with van der Waals surface area (Å²) in [7, 11) is 0. The summed E-state index contributed by atoms with van der Waals surface area (Å²) in [5.74, 6) is 1.06. The third-order valence-electron chi connectivity index (χ3n) is 3.89. The number of halogens is 1. The van der Waals surface area contributed by atoms with Gasteiger partial charge in [-0.05, 0) is 38.0 Å². The van der Waals surface area contributed by atoms with Crippen LogP contribution in [-0.2, 0) is 6.54 Å². The second kappa shape index (κ2) is 6.73. The van der Waals surface area contributed by atoms with E-state index in [-0.39, 0.29) is 18.6 Å². The molecule has 0 aliphatic carbocycles. The number of aromatic nitrogens is 2. The number of hydrogen-bond donors (Lipinski definition) is 1. The molecule has 0 saturated carbocycles. The highest BCUT2D eigenvalue weighted by Gasteiger charge is 2.21. The highest BCUT2D eigenvalue weighted by Crippen LogP contribution is 2.39. The largest absolute Gasteiger partial charge is 0.454 e. The summed E-state index contributed by atoms with van der Waals surface area (Å²) in [6, 6.07) is 5.28. The van der Waals surface area contributed by atoms with Gasteiger partial charge in [-0.2, -0.15) is 5.10 Å². The van der Waals surface area contributed by atoms with Crippen LogP contribution in [0, 0.1) is 19.8 Å². The minimum Gasteiger partial charge on any atom is -0.454 e. The molecule has 1 atom stereocenters. The van der Waals surface area contributed by atoms with Gasteiger partial charge in [0.05, 0.1) is 10.7 Å². The molecule has 3 rings (SSSR count). The van der Waals surface area contributed by atoms with Crippen LogP contribution in [0.15, 0.2) is 18.2 Å². The predicted octanol–water partition coefficient (Wildman–Crippen LogP) is 2.95. The van der Waals surface area contributed by atoms with Crippen LogP contribution >= 0.6 is 11.6 Å². The van der Waals surface area contributed by atoms with E-state index in [1.54, 1.807) is 12.1 Å². The number of nitrogens with one attached hydrogen (secondary N) is 1. The third-order valence-corrected chi connectivity index (χ3v) is 4.17. The molecule has 1 aliphatic heterocycles. The Kier molecular flexibility index (Phi) is 4.66. The van der Waals surface area contributed by atoms with Gasteiger partial charge >= 0.3 is 0 Å². The molecule has 2 heterocycles. The fourth-order valence-electron chi connectivity index (χ4n) is 2.69. The highest BCUT2D eigenvalue weighted by atomic mass is 35.5. The molecule has 6 nitrogen and oxygen atoms in total. The van der Waals surface area contributed by atoms with E-state index in [1.165, 1.54) is 0 Å². The summed E-state index contributed by atoms with van der Waals surface area (Å²) in [5.41, 5.74) is 2.58. The van der Waals surface area contributed by atoms with Gasteiger partial charge in [-0.15, -0.1) is 0 Å². The Labute approximate surface area is 145 Å². The van der Waals surface area contributed by atoms with Crippen LogP contribution in [0.3, 0.4) is 0 Å². The second-order valence-electron chi connectivity index (χ2n) is 6.12. The monoisotopic (exact) mass is 349 g/mol. The number of benzene rings is 1. The maximum Gasteiger partial charge on any atom is 0.251 e. The smallest absolute Gasteiger partial charge is 0.251 e. The Balaban J connectivity index is 1.59. The van der Waals surface area contributed by atoms with Crippen molar-refractivity contribution in [2.75, 3.05) is 13.3 Å². The summed E-state index contributed by atoms with van der Waals surface area (Å²) in [4.78, 5) is 12.3. The van der Waals surface area contributed by atoms with Crippen molar-refractivity contribution >= 4 is 17.5 Å². The summed E-state index contributed by atoms with van der Waals surface area (Å²) in [6.07, 6.45) is 0. The second-order valence-corrected chi connectivity index (χ2v) is 6.52. The lowest BCUT2D eigenvalue weighted by Gasteiger charge is -2.14. The zero-order chi connectivity index (χ0) is 17.3. The van der Waals surface area contributed by atoms with E-state index in [4.69, 9.17) is 21.1 Å². The van der Waals surface area contributed by atoms with Gasteiger partial charge in [0, 0.05) is 24.3 Å². The molecule has 0 fully saturated rings. The van der Waals surface area contributed by atoms with Gasteiger partial charge in [-0.3, -0.25) is 9.48 Å². The first-order valence-electron chi connectivity index (χ1n) is 7.82. The van der Waals surface area contributed by atoms with Gasteiger partial charge < -0.3 is 14.8 Å². The van der Waals surface area contributed by atoms with Crippen molar-refractivity contribution in [3.63, 3.8) is 0 Å². The van der Waals surface area contributed by atoms with Gasteiger partial charge in [-0.25, -0.2) is 0 Å². The molecular weight excluding hydrogens is 330 g/mol. The molecule has 1 unspecified atom stereocenters. The van der Waals surface area contributed by atoms with Gasteiger partial charge in [0.15, 0.2) is 11.5 Å². The first-order chi connectivity index (χ1) is 11.4. The number of nitrogens with zero attached hydrogens (tertiary/aromatic N) is 2. The first-order valence-corrected chi connectivity index (χ1v) is 8.20. The molecule has 1 aliphatic rings. The van der Waals surface area contributed by atoms with Crippen LogP contribution in [0.25, 0.3) is 0 Å². The number of rotatable bonds is 5. The number of fused-ring (bicyclic) bond motifs is 1. The first kappa shape index (κ1) is 16.6. The van der Waals surface area contributed by atoms with Gasteiger partial charge in [0.25, 0.3) is 5.91 Å². The van der Waals surface area contributed by atoms with Crippen molar-refractivity contribution in [2.24, 2.45) is 5.92 Å². The van der Waals surface area contributed by atoms with Crippen LogP contribution in [0.1, 0.15) is 28.7 Å². The number of carbonyl (C=O) groups excluding carboxylic acids is 1. The van der Waals surface area contributed by atoms with Crippen molar-refractivity contribution in [1.29, 1.82) is 0 Å². The Morgan fingerprint density at radius 3 is 2.88 bits per heavy atom. The average molecular weight is 350 g/mol. The lowest BCUT2D eigenvalue weighted by molar-refractivity contribution is 0.0946. The lowest BCUT2D eigenvalue weighted by atomic mass is 10.1. The normalized spacial score (nSPS) is 13.8. The summed E-state index contributed by atoms with van der Waals surface area (Å²) in [5, 5.41) is 7.75. The van der Waals surface area contributed by atoms with E-state index in [0.717, 1.165) is 17.9 Å². The van der Waals surface area contributed by atoms with E-state index >= 15 is 0 Å². The Bertz CT molecular complexity index is 773. The molecular formula is C17H20ClN3O3. The zero-order valence-corrected chi connectivity index (χ0v) is 14.7. The van der Waals surface area contributed by atoms with Crippen molar-refractivity contribution < 1.29 is 14.3 Å². The SMILES string of the molecule is Cc1cc(C)n(CC(C)CNC(=O)c2cc(Cl)c3c(c2)OCO3)n1. The van der Waals surface area contributed by atoms with E-state index in [0.29, 0.717) is 28.6 Å². The van der Waals surface area contributed by atoms with Crippen molar-refractivity contribution in [2.45, 2.75) is 27.3 Å². The highest BCUT2D eigenvalue weighted by molar-refractivity contribution is 6.32. The minimum atomic E-state index is -0.185. The molecule has 1 N–H and O–H groups in total. The number of amides is 1. The van der Waals surface area contributed by atoms with Crippen molar-refractivity contribution in [3.05, 3.63) is 40.2 Å². The molecule has 1 aromatic heterocycles. The number of ether oxygens (including phenoxy) is 2. The van der Waals surface area contributed by atoms with Gasteiger partial charge in [-0.1, -0.05) is 18.5 Å². The fourth-order valence-corrected chi connectivity index (χ4v) is 2.95. The molecule has 7 heteroatoms. The van der Waals surface area contributed by atoms with Crippen LogP contribution in [0.2, 0.25) is 5.02 Å². The molecule has 0 radical (unpaired) electrons. The molecule has 128 valence electrons. The fraction of sp³-hybridized carbons (Fsp3) is 0.412. The van der Waals surface area contributed by atoms with E-state index in [1.807, 2.05) is 24.6 Å². The number of hydrogen-bond acceptors (Lipinski definition) is 4. The molecule has 1 amide bonds. The topological polar surface area (TPSA) is 65.4 Å². The average Bonchev–Trinajstić information content (AvgIpc) is 3.11. The number of carbonyl (C=O) groups is 1. The molecule has 1 aromatic carbocycles. The molecule has 2 aromatic rings. The maximum atomic E-state index is 12.3. The summed E-state index contributed by atoms with van der Waals surface area (Å²) in [6.45, 7) is 7.49. The predicted molar refractivity (Wildman–Crippen MR) is 90.8 cm³/mol. The molecule has 0 spiro atoms. The number of aryl methyl sites for hydroxylation is 2. The molecule has 0 saturated heterocycles. The van der Waals surface area contributed by atoms with E-state index < -0.39 is 0 Å². The van der Waals surface area contributed by atoms with Crippen LogP contribution in [0.4, 0.5) is 0 Å². The van der Waals surface area contributed by atoms with Crippen molar-refractivity contribution in [1.82, 2.24) is 15.1 Å². The van der Waals surface area contributed by atoms with Crippen LogP contribution in [-0.4, -0.2) is 29.0 Å². The lowest BCUT2D eigenvalue weighted by Crippen LogP contribution is -2.30. The van der Waals surface area contributed by atoms with E-state index in [9.17, 15) is 4.79 Å². The van der Waals surface area contributed by atoms with Gasteiger partial charge in [0.1, 0.15) is 0 Å². The minimum absolute atomic E-state index is 0.125. The summed E-state index contributed by atoms with van der Waals surface area (Å²) < 4.78 is 12.5. The van der Waals surface area contributed by atoms with Crippen molar-refractivity contribution in [3.8, 4) is 11.5 Å². The molecule has 24 heavy (non-hydrogen) atoms. The van der Waals surface area contributed by atoms with E-state index in [2.05, 4.69) is 17.3 Å².